The average molecular weight is 222 g/mol. The first-order valence-electron chi connectivity index (χ1n) is 5.52. The topological polar surface area (TPSA) is 0 Å². The van der Waals surface area contributed by atoms with Gasteiger partial charge in [0.05, 0.1) is 0 Å². The Morgan fingerprint density at radius 2 is 2.00 bits per heavy atom. The van der Waals surface area contributed by atoms with E-state index in [1.165, 1.54) is 10.8 Å². The van der Waals surface area contributed by atoms with E-state index in [1.807, 2.05) is 13.8 Å². The van der Waals surface area contributed by atoms with E-state index in [0.29, 0.717) is 5.92 Å². The predicted octanol–water partition coefficient (Wildman–Crippen LogP) is 3.57. The molecular formula is C14H22S. The molecule has 0 aliphatic carbocycles. The highest BCUT2D eigenvalue weighted by Crippen LogP contribution is 2.06. The standard InChI is InChI=1S/C12H16S.C2H6/c1-9(2)10(3)5-6-12-7-8-13-11(12)4;1-2/h5-9H,4H2,1-3H3;1-2H3/b10-5+,12-6-;. The third kappa shape index (κ3) is 4.98. The summed E-state index contributed by atoms with van der Waals surface area (Å²) >= 11 is 1.69. The highest BCUT2D eigenvalue weighted by atomic mass is 32.1. The van der Waals surface area contributed by atoms with Crippen LogP contribution in [0.3, 0.4) is 0 Å². The fourth-order valence-corrected chi connectivity index (χ4v) is 1.56. The monoisotopic (exact) mass is 222 g/mol. The molecule has 0 spiro atoms. The van der Waals surface area contributed by atoms with Crippen LogP contribution in [0.25, 0.3) is 12.7 Å². The summed E-state index contributed by atoms with van der Waals surface area (Å²) in [6.45, 7) is 14.5. The van der Waals surface area contributed by atoms with E-state index in [9.17, 15) is 0 Å². The van der Waals surface area contributed by atoms with Gasteiger partial charge in [-0.1, -0.05) is 52.0 Å². The Morgan fingerprint density at radius 1 is 1.40 bits per heavy atom. The summed E-state index contributed by atoms with van der Waals surface area (Å²) in [4.78, 5) is 0. The molecule has 1 heterocycles. The summed E-state index contributed by atoms with van der Waals surface area (Å²) in [7, 11) is 0. The van der Waals surface area contributed by atoms with Gasteiger partial charge in [0.2, 0.25) is 0 Å². The highest BCUT2D eigenvalue weighted by Gasteiger charge is 1.92. The molecule has 0 fully saturated rings. The fraction of sp³-hybridized carbons (Fsp3) is 0.429. The normalized spacial score (nSPS) is 12.7. The minimum Gasteiger partial charge on any atom is -0.144 e. The van der Waals surface area contributed by atoms with Crippen LogP contribution in [0.1, 0.15) is 34.6 Å². The summed E-state index contributed by atoms with van der Waals surface area (Å²) in [5, 5.41) is 3.32. The molecule has 84 valence electrons. The minimum atomic E-state index is 0.628. The van der Waals surface area contributed by atoms with Crippen molar-refractivity contribution in [1.82, 2.24) is 0 Å². The van der Waals surface area contributed by atoms with E-state index in [1.54, 1.807) is 11.3 Å². The molecule has 0 saturated heterocycles. The van der Waals surface area contributed by atoms with E-state index in [4.69, 9.17) is 0 Å². The number of thiophene rings is 1. The molecule has 0 radical (unpaired) electrons. The van der Waals surface area contributed by atoms with Crippen LogP contribution < -0.4 is 9.75 Å². The molecule has 0 unspecified atom stereocenters. The van der Waals surface area contributed by atoms with Crippen molar-refractivity contribution in [2.24, 2.45) is 5.92 Å². The van der Waals surface area contributed by atoms with E-state index in [-0.39, 0.29) is 0 Å². The lowest BCUT2D eigenvalue weighted by atomic mass is 10.1. The van der Waals surface area contributed by atoms with E-state index in [2.05, 4.69) is 50.9 Å². The maximum Gasteiger partial charge on any atom is 0.0270 e. The molecule has 15 heavy (non-hydrogen) atoms. The molecule has 0 aliphatic heterocycles. The summed E-state index contributed by atoms with van der Waals surface area (Å²) in [6, 6.07) is 2.11. The smallest absolute Gasteiger partial charge is 0.0270 e. The van der Waals surface area contributed by atoms with E-state index < -0.39 is 0 Å². The van der Waals surface area contributed by atoms with Crippen LogP contribution in [0.4, 0.5) is 0 Å². The molecule has 0 nitrogen and oxygen atoms in total. The molecule has 0 bridgehead atoms. The number of hydrogen-bond acceptors (Lipinski definition) is 1. The summed E-state index contributed by atoms with van der Waals surface area (Å²) in [5.41, 5.74) is 1.41. The zero-order chi connectivity index (χ0) is 11.8. The summed E-state index contributed by atoms with van der Waals surface area (Å²) in [5.74, 6) is 0.628. The quantitative estimate of drug-likeness (QED) is 0.717. The van der Waals surface area contributed by atoms with Gasteiger partial charge in [-0.3, -0.25) is 0 Å². The molecule has 0 N–H and O–H groups in total. The summed E-state index contributed by atoms with van der Waals surface area (Å²) < 4.78 is 1.15. The minimum absolute atomic E-state index is 0.628. The van der Waals surface area contributed by atoms with Crippen LogP contribution >= 0.6 is 11.3 Å². The van der Waals surface area contributed by atoms with Gasteiger partial charge in [0.1, 0.15) is 0 Å². The highest BCUT2D eigenvalue weighted by molar-refractivity contribution is 7.07. The molecular weight excluding hydrogens is 200 g/mol. The Bertz CT molecular complexity index is 393. The number of rotatable bonds is 2. The van der Waals surface area contributed by atoms with Crippen molar-refractivity contribution in [2.45, 2.75) is 34.6 Å². The zero-order valence-corrected chi connectivity index (χ0v) is 11.3. The third-order valence-corrected chi connectivity index (χ3v) is 3.01. The lowest BCUT2D eigenvalue weighted by Crippen LogP contribution is -2.14. The Balaban J connectivity index is 0.000000921. The largest absolute Gasteiger partial charge is 0.144 e. The molecule has 0 amide bonds. The van der Waals surface area contributed by atoms with Crippen LogP contribution in [0.15, 0.2) is 23.1 Å². The number of allylic oxidation sites excluding steroid dienone is 2. The van der Waals surface area contributed by atoms with Gasteiger partial charge in [0, 0.05) is 4.53 Å². The fourth-order valence-electron chi connectivity index (χ4n) is 0.913. The third-order valence-electron chi connectivity index (χ3n) is 2.22. The van der Waals surface area contributed by atoms with E-state index >= 15 is 0 Å². The number of hydrogen-bond donors (Lipinski definition) is 0. The van der Waals surface area contributed by atoms with Crippen molar-refractivity contribution < 1.29 is 0 Å². The van der Waals surface area contributed by atoms with Crippen molar-refractivity contribution in [2.75, 3.05) is 0 Å². The van der Waals surface area contributed by atoms with Crippen molar-refractivity contribution in [3.63, 3.8) is 0 Å². The predicted molar refractivity (Wildman–Crippen MR) is 73.5 cm³/mol. The van der Waals surface area contributed by atoms with Gasteiger partial charge in [0.25, 0.3) is 0 Å². The Kier molecular flexibility index (Phi) is 7.06. The van der Waals surface area contributed by atoms with E-state index in [0.717, 1.165) is 4.53 Å². The SMILES string of the molecule is C=c1scc/c1=C/C=C(\C)C(C)C.CC. The molecule has 1 aromatic heterocycles. The van der Waals surface area contributed by atoms with Crippen molar-refractivity contribution >= 4 is 24.0 Å². The Hall–Kier alpha value is -0.820. The lowest BCUT2D eigenvalue weighted by Gasteiger charge is -2.01. The first-order chi connectivity index (χ1) is 7.11. The van der Waals surface area contributed by atoms with Crippen LogP contribution in [0, 0.1) is 5.92 Å². The molecule has 0 aromatic carbocycles. The first kappa shape index (κ1) is 14.2. The van der Waals surface area contributed by atoms with Gasteiger partial charge in [-0.2, -0.15) is 0 Å². The van der Waals surface area contributed by atoms with Crippen molar-refractivity contribution in [1.29, 1.82) is 0 Å². The zero-order valence-electron chi connectivity index (χ0n) is 10.5. The van der Waals surface area contributed by atoms with Crippen molar-refractivity contribution in [3.8, 4) is 0 Å². The van der Waals surface area contributed by atoms with Crippen LogP contribution in [0.2, 0.25) is 0 Å². The van der Waals surface area contributed by atoms with Gasteiger partial charge in [-0.05, 0) is 29.5 Å². The second kappa shape index (κ2) is 7.47. The van der Waals surface area contributed by atoms with Crippen LogP contribution in [-0.2, 0) is 0 Å². The molecule has 1 heteroatoms. The van der Waals surface area contributed by atoms with Crippen LogP contribution in [-0.4, -0.2) is 0 Å². The van der Waals surface area contributed by atoms with Gasteiger partial charge in [-0.15, -0.1) is 11.3 Å². The second-order valence-corrected chi connectivity index (χ2v) is 4.53. The maximum atomic E-state index is 3.96. The molecule has 1 aromatic rings. The van der Waals surface area contributed by atoms with Crippen LogP contribution in [0.5, 0.6) is 0 Å². The molecule has 0 atom stereocenters. The van der Waals surface area contributed by atoms with Crippen molar-refractivity contribution in [3.05, 3.63) is 32.8 Å². The molecule has 0 aliphatic rings. The molecule has 0 saturated carbocycles. The summed E-state index contributed by atoms with van der Waals surface area (Å²) in [6.07, 6.45) is 4.33. The van der Waals surface area contributed by atoms with Gasteiger partial charge in [0.15, 0.2) is 0 Å². The Labute approximate surface area is 97.7 Å². The van der Waals surface area contributed by atoms with Gasteiger partial charge >= 0.3 is 0 Å². The second-order valence-electron chi connectivity index (χ2n) is 3.53. The maximum absolute atomic E-state index is 3.96. The average Bonchev–Trinajstić information content (AvgIpc) is 2.63. The molecule has 1 rings (SSSR count). The van der Waals surface area contributed by atoms with Gasteiger partial charge in [-0.25, -0.2) is 0 Å². The Morgan fingerprint density at radius 3 is 2.40 bits per heavy atom. The first-order valence-corrected chi connectivity index (χ1v) is 6.40. The van der Waals surface area contributed by atoms with Gasteiger partial charge < -0.3 is 0 Å². The lowest BCUT2D eigenvalue weighted by molar-refractivity contribution is 0.770.